The normalized spacial score (nSPS) is 12.0. The van der Waals surface area contributed by atoms with E-state index in [0.717, 1.165) is 37.0 Å². The van der Waals surface area contributed by atoms with Gasteiger partial charge in [-0.25, -0.2) is 4.79 Å². The average Bonchev–Trinajstić information content (AvgIpc) is 2.98. The van der Waals surface area contributed by atoms with Gasteiger partial charge in [-0.3, -0.25) is 0 Å². The van der Waals surface area contributed by atoms with Crippen LogP contribution in [0.2, 0.25) is 0 Å². The topological polar surface area (TPSA) is 35.5 Å². The van der Waals surface area contributed by atoms with Crippen LogP contribution in [0.15, 0.2) is 48.5 Å². The largest absolute Gasteiger partial charge is 0.423 e. The number of hydrogen-bond acceptors (Lipinski definition) is 3. The Hall–Kier alpha value is -2.13. The highest BCUT2D eigenvalue weighted by Gasteiger charge is 2.13. The van der Waals surface area contributed by atoms with Crippen LogP contribution < -0.4 is 4.74 Å². The Morgan fingerprint density at radius 1 is 0.625 bits per heavy atom. The fraction of sp³-hybridized carbons (Fsp3) is 0.649. The van der Waals surface area contributed by atoms with Gasteiger partial charge in [0.15, 0.2) is 0 Å². The van der Waals surface area contributed by atoms with E-state index in [9.17, 15) is 4.79 Å². The summed E-state index contributed by atoms with van der Waals surface area (Å²) in [6.07, 6.45) is 24.9. The van der Waals surface area contributed by atoms with Crippen molar-refractivity contribution >= 4 is 5.97 Å². The molecule has 1 unspecified atom stereocenters. The maximum Gasteiger partial charge on any atom is 0.343 e. The average molecular weight is 551 g/mol. The van der Waals surface area contributed by atoms with Crippen LogP contribution in [-0.2, 0) is 11.2 Å². The van der Waals surface area contributed by atoms with E-state index in [0.29, 0.717) is 11.3 Å². The van der Waals surface area contributed by atoms with Crippen LogP contribution in [-0.4, -0.2) is 12.6 Å². The molecule has 2 aromatic rings. The van der Waals surface area contributed by atoms with Gasteiger partial charge in [-0.05, 0) is 55.5 Å². The predicted molar refractivity (Wildman–Crippen MR) is 170 cm³/mol. The minimum Gasteiger partial charge on any atom is -0.423 e. The molecule has 0 N–H and O–H groups in total. The zero-order chi connectivity index (χ0) is 28.7. The van der Waals surface area contributed by atoms with E-state index >= 15 is 0 Å². The zero-order valence-corrected chi connectivity index (χ0v) is 26.1. The number of rotatable bonds is 24. The Balaban J connectivity index is 1.57. The summed E-state index contributed by atoms with van der Waals surface area (Å²) in [5.74, 6) is 0.376. The molecule has 3 nitrogen and oxygen atoms in total. The molecule has 3 heteroatoms. The van der Waals surface area contributed by atoms with Crippen molar-refractivity contribution in [2.24, 2.45) is 0 Å². The Morgan fingerprint density at radius 2 is 1.12 bits per heavy atom. The van der Waals surface area contributed by atoms with Crippen LogP contribution in [0.25, 0.3) is 0 Å². The highest BCUT2D eigenvalue weighted by molar-refractivity contribution is 5.91. The maximum absolute atomic E-state index is 12.8. The molecule has 0 spiro atoms. The third kappa shape index (κ3) is 15.0. The molecule has 0 amide bonds. The van der Waals surface area contributed by atoms with E-state index in [1.165, 1.54) is 103 Å². The Kier molecular flexibility index (Phi) is 19.2. The van der Waals surface area contributed by atoms with Crippen molar-refractivity contribution < 1.29 is 14.3 Å². The maximum atomic E-state index is 12.8. The molecule has 2 aromatic carbocycles. The molecule has 224 valence electrons. The molecule has 0 fully saturated rings. The van der Waals surface area contributed by atoms with Crippen LogP contribution >= 0.6 is 0 Å². The van der Waals surface area contributed by atoms with Crippen molar-refractivity contribution in [3.63, 3.8) is 0 Å². The van der Waals surface area contributed by atoms with Gasteiger partial charge in [-0.1, -0.05) is 147 Å². The van der Waals surface area contributed by atoms with Crippen LogP contribution in [0.5, 0.6) is 5.75 Å². The third-order valence-electron chi connectivity index (χ3n) is 7.96. The van der Waals surface area contributed by atoms with E-state index in [4.69, 9.17) is 9.47 Å². The quantitative estimate of drug-likeness (QED) is 0.0740. The molecule has 1 atom stereocenters. The molecule has 0 aliphatic rings. The lowest BCUT2D eigenvalue weighted by molar-refractivity contribution is 0.0626. The smallest absolute Gasteiger partial charge is 0.343 e. The molecular weight excluding hydrogens is 492 g/mol. The van der Waals surface area contributed by atoms with Gasteiger partial charge in [0.05, 0.1) is 11.7 Å². The number of hydrogen-bond donors (Lipinski definition) is 0. The SMILES string of the molecule is CCCCCCCCCCCCCCCCOC(C)c1ccc(C(=O)Oc2ccccc2CCCCCC)cc1. The molecular formula is C37H58O3. The van der Waals surface area contributed by atoms with Crippen molar-refractivity contribution in [1.82, 2.24) is 0 Å². The number of aryl methyl sites for hydroxylation is 1. The van der Waals surface area contributed by atoms with Crippen LogP contribution in [0, 0.1) is 0 Å². The number of ether oxygens (including phenoxy) is 2. The first-order valence-electron chi connectivity index (χ1n) is 16.7. The number of carbonyl (C=O) groups excluding carboxylic acids is 1. The first kappa shape index (κ1) is 34.1. The molecule has 0 aliphatic heterocycles. The van der Waals surface area contributed by atoms with Gasteiger partial charge >= 0.3 is 5.97 Å². The number of esters is 1. The van der Waals surface area contributed by atoms with Gasteiger partial charge in [0.2, 0.25) is 0 Å². The molecule has 0 radical (unpaired) electrons. The summed E-state index contributed by atoms with van der Waals surface area (Å²) < 4.78 is 11.9. The van der Waals surface area contributed by atoms with Gasteiger partial charge in [-0.2, -0.15) is 0 Å². The summed E-state index contributed by atoms with van der Waals surface area (Å²) in [4.78, 5) is 12.8. The van der Waals surface area contributed by atoms with E-state index in [2.05, 4.69) is 26.8 Å². The van der Waals surface area contributed by atoms with E-state index in [-0.39, 0.29) is 12.1 Å². The Morgan fingerprint density at radius 3 is 1.70 bits per heavy atom. The fourth-order valence-electron chi connectivity index (χ4n) is 5.25. The van der Waals surface area contributed by atoms with Crippen molar-refractivity contribution in [2.75, 3.05) is 6.61 Å². The molecule has 0 bridgehead atoms. The monoisotopic (exact) mass is 550 g/mol. The zero-order valence-electron chi connectivity index (χ0n) is 26.1. The summed E-state index contributed by atoms with van der Waals surface area (Å²) in [6.45, 7) is 7.38. The number of carbonyl (C=O) groups is 1. The first-order chi connectivity index (χ1) is 19.7. The van der Waals surface area contributed by atoms with Gasteiger partial charge in [0, 0.05) is 6.61 Å². The van der Waals surface area contributed by atoms with Crippen molar-refractivity contribution in [3.8, 4) is 5.75 Å². The van der Waals surface area contributed by atoms with Crippen molar-refractivity contribution in [1.29, 1.82) is 0 Å². The van der Waals surface area contributed by atoms with E-state index in [1.54, 1.807) is 0 Å². The summed E-state index contributed by atoms with van der Waals surface area (Å²) >= 11 is 0. The molecule has 0 saturated heterocycles. The summed E-state index contributed by atoms with van der Waals surface area (Å²) in [5, 5.41) is 0. The minimum absolute atomic E-state index is 0.0240. The molecule has 0 saturated carbocycles. The summed E-state index contributed by atoms with van der Waals surface area (Å²) in [5.41, 5.74) is 2.77. The summed E-state index contributed by atoms with van der Waals surface area (Å²) in [6, 6.07) is 15.6. The molecule has 0 aromatic heterocycles. The highest BCUT2D eigenvalue weighted by Crippen LogP contribution is 2.23. The van der Waals surface area contributed by atoms with Crippen LogP contribution in [0.3, 0.4) is 0 Å². The molecule has 0 aliphatic carbocycles. The second kappa shape index (κ2) is 22.5. The second-order valence-corrected chi connectivity index (χ2v) is 11.5. The third-order valence-corrected chi connectivity index (χ3v) is 7.96. The van der Waals surface area contributed by atoms with E-state index < -0.39 is 0 Å². The number of benzene rings is 2. The fourth-order valence-corrected chi connectivity index (χ4v) is 5.25. The van der Waals surface area contributed by atoms with Gasteiger partial charge in [0.25, 0.3) is 0 Å². The minimum atomic E-state index is -0.302. The Labute approximate surface area is 246 Å². The van der Waals surface area contributed by atoms with E-state index in [1.807, 2.05) is 42.5 Å². The van der Waals surface area contributed by atoms with Crippen LogP contribution in [0.1, 0.15) is 164 Å². The summed E-state index contributed by atoms with van der Waals surface area (Å²) in [7, 11) is 0. The molecule has 2 rings (SSSR count). The number of para-hydroxylation sites is 1. The van der Waals surface area contributed by atoms with Crippen molar-refractivity contribution in [3.05, 3.63) is 65.2 Å². The standard InChI is InChI=1S/C37H58O3/c1-4-6-8-10-11-12-13-14-15-16-17-18-19-23-31-39-32(3)33-27-29-35(30-28-33)37(38)40-36-26-22-21-25-34(36)24-20-9-7-5-2/h21-22,25-30,32H,4-20,23-24,31H2,1-3H3. The Bertz CT molecular complexity index is 889. The van der Waals surface area contributed by atoms with Crippen molar-refractivity contribution in [2.45, 2.75) is 149 Å². The van der Waals surface area contributed by atoms with Crippen LogP contribution in [0.4, 0.5) is 0 Å². The second-order valence-electron chi connectivity index (χ2n) is 11.5. The lowest BCUT2D eigenvalue weighted by Crippen LogP contribution is -2.10. The van der Waals surface area contributed by atoms with Gasteiger partial charge in [-0.15, -0.1) is 0 Å². The highest BCUT2D eigenvalue weighted by atomic mass is 16.5. The first-order valence-corrected chi connectivity index (χ1v) is 16.7. The molecule has 0 heterocycles. The lowest BCUT2D eigenvalue weighted by Gasteiger charge is -2.14. The molecule has 40 heavy (non-hydrogen) atoms. The van der Waals surface area contributed by atoms with Gasteiger partial charge in [0.1, 0.15) is 5.75 Å². The lowest BCUT2D eigenvalue weighted by atomic mass is 10.0. The predicted octanol–water partition coefficient (Wildman–Crippen LogP) is 11.6. The van der Waals surface area contributed by atoms with Gasteiger partial charge < -0.3 is 9.47 Å². The number of unbranched alkanes of at least 4 members (excludes halogenated alkanes) is 16.